The van der Waals surface area contributed by atoms with Crippen molar-refractivity contribution in [2.75, 3.05) is 20.8 Å². The van der Waals surface area contributed by atoms with Crippen LogP contribution in [0.1, 0.15) is 11.5 Å². The van der Waals surface area contributed by atoms with E-state index in [1.165, 1.54) is 14.2 Å². The van der Waals surface area contributed by atoms with Gasteiger partial charge >= 0.3 is 5.97 Å². The van der Waals surface area contributed by atoms with Crippen molar-refractivity contribution in [2.45, 2.75) is 5.92 Å². The molecule has 1 aliphatic heterocycles. The van der Waals surface area contributed by atoms with Crippen LogP contribution in [0.15, 0.2) is 47.1 Å². The summed E-state index contributed by atoms with van der Waals surface area (Å²) in [6.45, 7) is 0.0148. The number of carbonyl (C=O) groups excluding carboxylic acids is 1. The minimum atomic E-state index is -0.731. The predicted octanol–water partition coefficient (Wildman–Crippen LogP) is 2.22. The molecule has 1 heterocycles. The Balaban J connectivity index is 2.68. The van der Waals surface area contributed by atoms with Crippen LogP contribution in [-0.2, 0) is 19.0 Å². The zero-order valence-corrected chi connectivity index (χ0v) is 13.4. The van der Waals surface area contributed by atoms with Gasteiger partial charge in [0.2, 0.25) is 5.88 Å². The monoisotopic (exact) mass is 334 g/mol. The predicted molar refractivity (Wildman–Crippen MR) is 83.0 cm³/mol. The highest BCUT2D eigenvalue weighted by Crippen LogP contribution is 2.40. The molecule has 0 aliphatic carbocycles. The van der Waals surface area contributed by atoms with Crippen LogP contribution in [0, 0.1) is 11.3 Å². The van der Waals surface area contributed by atoms with Crippen LogP contribution in [0.2, 0.25) is 5.02 Å². The van der Waals surface area contributed by atoms with Crippen molar-refractivity contribution in [2.24, 2.45) is 5.73 Å². The van der Waals surface area contributed by atoms with Gasteiger partial charge in [0.15, 0.2) is 0 Å². The van der Waals surface area contributed by atoms with Gasteiger partial charge in [-0.25, -0.2) is 4.79 Å². The maximum absolute atomic E-state index is 12.3. The molecule has 23 heavy (non-hydrogen) atoms. The van der Waals surface area contributed by atoms with Crippen molar-refractivity contribution >= 4 is 17.6 Å². The lowest BCUT2D eigenvalue weighted by Crippen LogP contribution is -2.27. The van der Waals surface area contributed by atoms with E-state index in [9.17, 15) is 10.1 Å². The van der Waals surface area contributed by atoms with Crippen LogP contribution < -0.4 is 5.73 Å². The summed E-state index contributed by atoms with van der Waals surface area (Å²) in [6, 6.07) is 8.83. The first-order valence-corrected chi connectivity index (χ1v) is 7.04. The molecule has 0 unspecified atom stereocenters. The molecule has 0 radical (unpaired) electrons. The Hall–Kier alpha value is -2.49. The van der Waals surface area contributed by atoms with Gasteiger partial charge in [0.25, 0.3) is 0 Å². The van der Waals surface area contributed by atoms with Crippen molar-refractivity contribution in [3.05, 3.63) is 57.6 Å². The minimum absolute atomic E-state index is 0.0148. The van der Waals surface area contributed by atoms with E-state index in [0.29, 0.717) is 10.6 Å². The van der Waals surface area contributed by atoms with Crippen LogP contribution in [-0.4, -0.2) is 26.8 Å². The zero-order valence-electron chi connectivity index (χ0n) is 12.6. The van der Waals surface area contributed by atoms with Crippen molar-refractivity contribution in [1.29, 1.82) is 5.26 Å². The number of nitrogens with two attached hydrogens (primary N) is 1. The van der Waals surface area contributed by atoms with Crippen LogP contribution in [0.4, 0.5) is 0 Å². The number of methoxy groups -OCH3 is 2. The second-order valence-electron chi connectivity index (χ2n) is 4.74. The molecule has 0 bridgehead atoms. The van der Waals surface area contributed by atoms with Crippen LogP contribution in [0.3, 0.4) is 0 Å². The van der Waals surface area contributed by atoms with E-state index in [0.717, 1.165) is 0 Å². The molecule has 7 heteroatoms. The van der Waals surface area contributed by atoms with E-state index >= 15 is 0 Å². The number of nitrogens with zero attached hydrogens (tertiary/aromatic N) is 1. The SMILES string of the molecule is COCC1=C(C(=O)OC)[C@@H](c2cccc(Cl)c2)C(C#N)=C(N)O1. The molecule has 0 amide bonds. The minimum Gasteiger partial charge on any atom is -0.466 e. The Bertz CT molecular complexity index is 734. The van der Waals surface area contributed by atoms with E-state index < -0.39 is 11.9 Å². The van der Waals surface area contributed by atoms with Gasteiger partial charge < -0.3 is 19.9 Å². The maximum Gasteiger partial charge on any atom is 0.338 e. The van der Waals surface area contributed by atoms with E-state index in [1.54, 1.807) is 24.3 Å². The summed E-state index contributed by atoms with van der Waals surface area (Å²) in [5.41, 5.74) is 6.76. The van der Waals surface area contributed by atoms with Gasteiger partial charge in [0.1, 0.15) is 24.0 Å². The molecule has 0 saturated heterocycles. The van der Waals surface area contributed by atoms with Crippen molar-refractivity contribution < 1.29 is 19.0 Å². The number of benzene rings is 1. The Labute approximate surface area is 138 Å². The summed E-state index contributed by atoms with van der Waals surface area (Å²) >= 11 is 6.03. The number of carbonyl (C=O) groups is 1. The van der Waals surface area contributed by atoms with Crippen LogP contribution in [0.5, 0.6) is 0 Å². The first-order valence-electron chi connectivity index (χ1n) is 6.66. The standard InChI is InChI=1S/C16H15ClN2O4/c1-21-8-12-14(16(20)22-2)13(11(7-18)15(19)23-12)9-4-3-5-10(17)6-9/h3-6,13H,8,19H2,1-2H3/t13-/m0/s1. The van der Waals surface area contributed by atoms with E-state index in [1.807, 2.05) is 6.07 Å². The third-order valence-electron chi connectivity index (χ3n) is 3.36. The third-order valence-corrected chi connectivity index (χ3v) is 3.59. The van der Waals surface area contributed by atoms with Gasteiger partial charge in [0, 0.05) is 12.1 Å². The molecule has 1 aromatic rings. The molecule has 1 aromatic carbocycles. The smallest absolute Gasteiger partial charge is 0.338 e. The molecular weight excluding hydrogens is 320 g/mol. The van der Waals surface area contributed by atoms with Gasteiger partial charge in [-0.15, -0.1) is 0 Å². The molecule has 0 fully saturated rings. The lowest BCUT2D eigenvalue weighted by atomic mass is 9.83. The number of hydrogen-bond donors (Lipinski definition) is 1. The summed E-state index contributed by atoms with van der Waals surface area (Å²) in [7, 11) is 2.71. The van der Waals surface area contributed by atoms with Crippen LogP contribution in [0.25, 0.3) is 0 Å². The Kier molecular flexibility index (Phi) is 5.27. The lowest BCUT2D eigenvalue weighted by Gasteiger charge is -2.27. The summed E-state index contributed by atoms with van der Waals surface area (Å²) in [5, 5.41) is 9.92. The highest BCUT2D eigenvalue weighted by molar-refractivity contribution is 6.30. The molecule has 0 saturated carbocycles. The summed E-state index contributed by atoms with van der Waals surface area (Å²) in [5.74, 6) is -1.22. The Morgan fingerprint density at radius 3 is 2.78 bits per heavy atom. The Morgan fingerprint density at radius 1 is 1.48 bits per heavy atom. The maximum atomic E-state index is 12.3. The normalized spacial score (nSPS) is 17.6. The van der Waals surface area contributed by atoms with Crippen molar-refractivity contribution in [3.8, 4) is 6.07 Å². The fourth-order valence-electron chi connectivity index (χ4n) is 2.41. The molecule has 0 spiro atoms. The lowest BCUT2D eigenvalue weighted by molar-refractivity contribution is -0.136. The molecule has 6 nitrogen and oxygen atoms in total. The van der Waals surface area contributed by atoms with Crippen LogP contribution >= 0.6 is 11.6 Å². The van der Waals surface area contributed by atoms with Crippen molar-refractivity contribution in [1.82, 2.24) is 0 Å². The van der Waals surface area contributed by atoms with Gasteiger partial charge in [-0.2, -0.15) is 5.26 Å². The molecule has 1 aliphatic rings. The average Bonchev–Trinajstić information content (AvgIpc) is 2.54. The van der Waals surface area contributed by atoms with E-state index in [4.69, 9.17) is 31.5 Å². The molecule has 2 N–H and O–H groups in total. The topological polar surface area (TPSA) is 94.6 Å². The highest BCUT2D eigenvalue weighted by atomic mass is 35.5. The van der Waals surface area contributed by atoms with E-state index in [2.05, 4.69) is 0 Å². The van der Waals surface area contributed by atoms with Gasteiger partial charge in [-0.05, 0) is 17.7 Å². The largest absolute Gasteiger partial charge is 0.466 e. The van der Waals surface area contributed by atoms with Gasteiger partial charge in [0.05, 0.1) is 18.6 Å². The number of ether oxygens (including phenoxy) is 3. The second-order valence-corrected chi connectivity index (χ2v) is 5.18. The highest BCUT2D eigenvalue weighted by Gasteiger charge is 2.37. The number of esters is 1. The summed E-state index contributed by atoms with van der Waals surface area (Å²) in [4.78, 5) is 12.3. The first-order chi connectivity index (χ1) is 11.0. The average molecular weight is 335 g/mol. The molecular formula is C16H15ClN2O4. The third kappa shape index (κ3) is 3.31. The number of halogens is 1. The van der Waals surface area contributed by atoms with Crippen molar-refractivity contribution in [3.63, 3.8) is 0 Å². The zero-order chi connectivity index (χ0) is 17.0. The molecule has 120 valence electrons. The van der Waals surface area contributed by atoms with Gasteiger partial charge in [-0.3, -0.25) is 0 Å². The summed E-state index contributed by atoms with van der Waals surface area (Å²) in [6.07, 6.45) is 0. The number of hydrogen-bond acceptors (Lipinski definition) is 6. The number of allylic oxidation sites excluding steroid dienone is 1. The number of rotatable bonds is 4. The first kappa shape index (κ1) is 16.9. The Morgan fingerprint density at radius 2 is 2.22 bits per heavy atom. The molecule has 2 rings (SSSR count). The van der Waals surface area contributed by atoms with Gasteiger partial charge in [-0.1, -0.05) is 23.7 Å². The fraction of sp³-hybridized carbons (Fsp3) is 0.250. The second kappa shape index (κ2) is 7.18. The van der Waals surface area contributed by atoms with E-state index in [-0.39, 0.29) is 29.4 Å². The molecule has 1 atom stereocenters. The number of nitriles is 1. The summed E-state index contributed by atoms with van der Waals surface area (Å²) < 4.78 is 15.3. The fourth-order valence-corrected chi connectivity index (χ4v) is 2.61. The quantitative estimate of drug-likeness (QED) is 0.848. The molecule has 0 aromatic heterocycles.